The first-order valence-electron chi connectivity index (χ1n) is 5.47. The molecule has 0 aliphatic heterocycles. The standard InChI is InChI=1S/C12H15N5/c1-8-5-14-11(15-6-8)12-16-9(2)4-10(17-12)7-13-3/h4-6,13H,7H2,1-3H3. The summed E-state index contributed by atoms with van der Waals surface area (Å²) in [4.78, 5) is 17.2. The second kappa shape index (κ2) is 4.97. The Morgan fingerprint density at radius 3 is 2.41 bits per heavy atom. The van der Waals surface area contributed by atoms with Crippen LogP contribution in [0.1, 0.15) is 17.0 Å². The highest BCUT2D eigenvalue weighted by molar-refractivity contribution is 5.43. The maximum Gasteiger partial charge on any atom is 0.198 e. The Bertz CT molecular complexity index is 507. The summed E-state index contributed by atoms with van der Waals surface area (Å²) in [6, 6.07) is 1.95. The minimum absolute atomic E-state index is 0.566. The van der Waals surface area contributed by atoms with Crippen molar-refractivity contribution in [1.82, 2.24) is 25.3 Å². The lowest BCUT2D eigenvalue weighted by Gasteiger charge is -2.04. The molecule has 0 radical (unpaired) electrons. The highest BCUT2D eigenvalue weighted by atomic mass is 15.0. The minimum atomic E-state index is 0.566. The van der Waals surface area contributed by atoms with Crippen LogP contribution in [-0.4, -0.2) is 27.0 Å². The van der Waals surface area contributed by atoms with E-state index in [0.29, 0.717) is 18.2 Å². The molecule has 0 spiro atoms. The zero-order valence-electron chi connectivity index (χ0n) is 10.2. The van der Waals surface area contributed by atoms with Crippen molar-refractivity contribution in [2.45, 2.75) is 20.4 Å². The second-order valence-corrected chi connectivity index (χ2v) is 3.94. The molecule has 0 atom stereocenters. The summed E-state index contributed by atoms with van der Waals surface area (Å²) in [7, 11) is 1.89. The molecule has 0 amide bonds. The van der Waals surface area contributed by atoms with Gasteiger partial charge in [0.25, 0.3) is 0 Å². The van der Waals surface area contributed by atoms with E-state index in [0.717, 1.165) is 17.0 Å². The molecule has 0 saturated carbocycles. The first-order valence-corrected chi connectivity index (χ1v) is 5.47. The maximum absolute atomic E-state index is 4.42. The van der Waals surface area contributed by atoms with Crippen LogP contribution in [0.25, 0.3) is 11.6 Å². The molecular formula is C12H15N5. The fourth-order valence-corrected chi connectivity index (χ4v) is 1.51. The van der Waals surface area contributed by atoms with Crippen molar-refractivity contribution >= 4 is 0 Å². The van der Waals surface area contributed by atoms with Gasteiger partial charge in [-0.2, -0.15) is 0 Å². The highest BCUT2D eigenvalue weighted by Crippen LogP contribution is 2.10. The van der Waals surface area contributed by atoms with Crippen molar-refractivity contribution in [3.8, 4) is 11.6 Å². The van der Waals surface area contributed by atoms with Crippen LogP contribution in [0.4, 0.5) is 0 Å². The largest absolute Gasteiger partial charge is 0.314 e. The number of hydrogen-bond acceptors (Lipinski definition) is 5. The van der Waals surface area contributed by atoms with Crippen LogP contribution < -0.4 is 5.32 Å². The molecule has 2 heterocycles. The third-order valence-corrected chi connectivity index (χ3v) is 2.25. The van der Waals surface area contributed by atoms with Crippen molar-refractivity contribution in [2.75, 3.05) is 7.05 Å². The van der Waals surface area contributed by atoms with Gasteiger partial charge in [-0.15, -0.1) is 0 Å². The van der Waals surface area contributed by atoms with Gasteiger partial charge in [-0.1, -0.05) is 0 Å². The van der Waals surface area contributed by atoms with Crippen molar-refractivity contribution in [3.63, 3.8) is 0 Å². The van der Waals surface area contributed by atoms with Gasteiger partial charge in [-0.25, -0.2) is 19.9 Å². The summed E-state index contributed by atoms with van der Waals surface area (Å²) in [5.74, 6) is 1.15. The van der Waals surface area contributed by atoms with E-state index in [1.165, 1.54) is 0 Å². The monoisotopic (exact) mass is 229 g/mol. The Hall–Kier alpha value is -1.88. The summed E-state index contributed by atoms with van der Waals surface area (Å²) in [6.45, 7) is 4.61. The Morgan fingerprint density at radius 1 is 1.06 bits per heavy atom. The summed E-state index contributed by atoms with van der Waals surface area (Å²) in [6.07, 6.45) is 3.54. The number of nitrogens with zero attached hydrogens (tertiary/aromatic N) is 4. The fraction of sp³-hybridized carbons (Fsp3) is 0.333. The van der Waals surface area contributed by atoms with Gasteiger partial charge in [-0.05, 0) is 32.5 Å². The van der Waals surface area contributed by atoms with Crippen molar-refractivity contribution in [3.05, 3.63) is 35.4 Å². The van der Waals surface area contributed by atoms with Crippen LogP contribution in [0.15, 0.2) is 18.5 Å². The number of aromatic nitrogens is 4. The SMILES string of the molecule is CNCc1cc(C)nc(-c2ncc(C)cn2)n1. The predicted molar refractivity (Wildman–Crippen MR) is 65.3 cm³/mol. The number of nitrogens with one attached hydrogen (secondary N) is 1. The third kappa shape index (κ3) is 2.82. The molecule has 0 aliphatic carbocycles. The minimum Gasteiger partial charge on any atom is -0.314 e. The van der Waals surface area contributed by atoms with E-state index in [2.05, 4.69) is 25.3 Å². The molecule has 0 unspecified atom stereocenters. The first-order chi connectivity index (χ1) is 8.19. The molecule has 0 bridgehead atoms. The first kappa shape index (κ1) is 11.6. The molecule has 0 aromatic carbocycles. The third-order valence-electron chi connectivity index (χ3n) is 2.25. The lowest BCUT2D eigenvalue weighted by Crippen LogP contribution is -2.09. The average Bonchev–Trinajstić information content (AvgIpc) is 2.29. The predicted octanol–water partition coefficient (Wildman–Crippen LogP) is 1.27. The van der Waals surface area contributed by atoms with Gasteiger partial charge in [0.1, 0.15) is 0 Å². The number of rotatable bonds is 3. The summed E-state index contributed by atoms with van der Waals surface area (Å²) in [5, 5.41) is 3.07. The van der Waals surface area contributed by atoms with Gasteiger partial charge < -0.3 is 5.32 Å². The van der Waals surface area contributed by atoms with Crippen molar-refractivity contribution in [2.24, 2.45) is 0 Å². The zero-order chi connectivity index (χ0) is 12.3. The molecule has 0 saturated heterocycles. The molecule has 0 aliphatic rings. The van der Waals surface area contributed by atoms with Gasteiger partial charge in [0.2, 0.25) is 0 Å². The van der Waals surface area contributed by atoms with E-state index < -0.39 is 0 Å². The highest BCUT2D eigenvalue weighted by Gasteiger charge is 2.07. The summed E-state index contributed by atoms with van der Waals surface area (Å²) >= 11 is 0. The Morgan fingerprint density at radius 2 is 1.76 bits per heavy atom. The van der Waals surface area contributed by atoms with E-state index in [9.17, 15) is 0 Å². The molecular weight excluding hydrogens is 214 g/mol. The van der Waals surface area contributed by atoms with Crippen LogP contribution in [0.2, 0.25) is 0 Å². The topological polar surface area (TPSA) is 63.6 Å². The molecule has 2 aromatic heterocycles. The van der Waals surface area contributed by atoms with E-state index in [4.69, 9.17) is 0 Å². The Kier molecular flexibility index (Phi) is 3.39. The van der Waals surface area contributed by atoms with Gasteiger partial charge >= 0.3 is 0 Å². The molecule has 0 fully saturated rings. The van der Waals surface area contributed by atoms with E-state index >= 15 is 0 Å². The van der Waals surface area contributed by atoms with Gasteiger partial charge in [-0.3, -0.25) is 0 Å². The normalized spacial score (nSPS) is 10.5. The number of hydrogen-bond donors (Lipinski definition) is 1. The van der Waals surface area contributed by atoms with E-state index in [1.807, 2.05) is 27.0 Å². The zero-order valence-corrected chi connectivity index (χ0v) is 10.2. The number of aryl methyl sites for hydroxylation is 2. The van der Waals surface area contributed by atoms with Crippen LogP contribution in [0.5, 0.6) is 0 Å². The molecule has 5 nitrogen and oxygen atoms in total. The fourth-order valence-electron chi connectivity index (χ4n) is 1.51. The summed E-state index contributed by atoms with van der Waals surface area (Å²) < 4.78 is 0. The van der Waals surface area contributed by atoms with E-state index in [-0.39, 0.29) is 0 Å². The van der Waals surface area contributed by atoms with Crippen molar-refractivity contribution in [1.29, 1.82) is 0 Å². The molecule has 2 rings (SSSR count). The molecule has 88 valence electrons. The van der Waals surface area contributed by atoms with Crippen LogP contribution in [0, 0.1) is 13.8 Å². The maximum atomic E-state index is 4.42. The molecule has 17 heavy (non-hydrogen) atoms. The van der Waals surface area contributed by atoms with Gasteiger partial charge in [0.05, 0.1) is 5.69 Å². The molecule has 5 heteroatoms. The van der Waals surface area contributed by atoms with Crippen LogP contribution >= 0.6 is 0 Å². The summed E-state index contributed by atoms with van der Waals surface area (Å²) in [5.41, 5.74) is 2.89. The molecule has 2 aromatic rings. The quantitative estimate of drug-likeness (QED) is 0.858. The van der Waals surface area contributed by atoms with E-state index in [1.54, 1.807) is 12.4 Å². The van der Waals surface area contributed by atoms with Crippen LogP contribution in [-0.2, 0) is 6.54 Å². The van der Waals surface area contributed by atoms with Gasteiger partial charge in [0, 0.05) is 24.6 Å². The smallest absolute Gasteiger partial charge is 0.198 e. The van der Waals surface area contributed by atoms with Crippen LogP contribution in [0.3, 0.4) is 0 Å². The lowest BCUT2D eigenvalue weighted by atomic mass is 10.3. The van der Waals surface area contributed by atoms with Crippen molar-refractivity contribution < 1.29 is 0 Å². The van der Waals surface area contributed by atoms with Gasteiger partial charge in [0.15, 0.2) is 11.6 Å². The Balaban J connectivity index is 2.40. The average molecular weight is 229 g/mol. The lowest BCUT2D eigenvalue weighted by molar-refractivity contribution is 0.783. The second-order valence-electron chi connectivity index (χ2n) is 3.94. The Labute approximate surface area is 100 Å². The molecule has 1 N–H and O–H groups in total.